The highest BCUT2D eigenvalue weighted by atomic mass is 16.3. The third-order valence-electron chi connectivity index (χ3n) is 3.21. The maximum Gasteiger partial charge on any atom is 0.145 e. The molecule has 2 heteroatoms. The molecule has 2 nitrogen and oxygen atoms in total. The molecule has 0 radical (unpaired) electrons. The number of nitriles is 1. The van der Waals surface area contributed by atoms with Crippen LogP contribution in [0.4, 0.5) is 0 Å². The molecule has 1 fully saturated rings. The molecule has 0 bridgehead atoms. The zero-order valence-corrected chi connectivity index (χ0v) is 8.17. The Labute approximate surface area is 79.6 Å². The minimum absolute atomic E-state index is 0.0718. The van der Waals surface area contributed by atoms with Crippen LogP contribution < -0.4 is 0 Å². The third kappa shape index (κ3) is 1.14. The van der Waals surface area contributed by atoms with Gasteiger partial charge in [-0.1, -0.05) is 19.8 Å². The van der Waals surface area contributed by atoms with Crippen LogP contribution in [0.3, 0.4) is 0 Å². The molecule has 70 valence electrons. The highest BCUT2D eigenvalue weighted by Gasteiger charge is 2.55. The molecule has 0 aromatic heterocycles. The lowest BCUT2D eigenvalue weighted by Crippen LogP contribution is -2.54. The molecule has 0 saturated heterocycles. The maximum absolute atomic E-state index is 10.2. The third-order valence-corrected chi connectivity index (χ3v) is 3.21. The Bertz CT molecular complexity index is 277. The molecule has 0 amide bonds. The molecule has 1 aliphatic carbocycles. The largest absolute Gasteiger partial charge is 0.376 e. The first kappa shape index (κ1) is 10.1. The molecule has 0 aliphatic heterocycles. The van der Waals surface area contributed by atoms with Gasteiger partial charge in [0.05, 0.1) is 11.5 Å². The van der Waals surface area contributed by atoms with E-state index in [0.29, 0.717) is 0 Å². The molecule has 0 spiro atoms. The van der Waals surface area contributed by atoms with E-state index in [-0.39, 0.29) is 5.92 Å². The van der Waals surface area contributed by atoms with Crippen molar-refractivity contribution in [3.05, 3.63) is 0 Å². The summed E-state index contributed by atoms with van der Waals surface area (Å²) in [6.45, 7) is 3.72. The summed E-state index contributed by atoms with van der Waals surface area (Å²) < 4.78 is 0. The van der Waals surface area contributed by atoms with E-state index in [4.69, 9.17) is 11.7 Å². The zero-order chi connectivity index (χ0) is 10.1. The summed E-state index contributed by atoms with van der Waals surface area (Å²) in [7, 11) is 0. The van der Waals surface area contributed by atoms with Crippen molar-refractivity contribution in [1.29, 1.82) is 5.26 Å². The van der Waals surface area contributed by atoms with Gasteiger partial charge in [-0.25, -0.2) is 0 Å². The van der Waals surface area contributed by atoms with E-state index in [0.717, 1.165) is 19.3 Å². The van der Waals surface area contributed by atoms with E-state index in [2.05, 4.69) is 12.0 Å². The van der Waals surface area contributed by atoms with E-state index < -0.39 is 11.0 Å². The molecule has 0 heterocycles. The highest BCUT2D eigenvalue weighted by molar-refractivity contribution is 5.27. The second-order valence-corrected chi connectivity index (χ2v) is 4.11. The number of hydrogen-bond donors (Lipinski definition) is 1. The van der Waals surface area contributed by atoms with Crippen LogP contribution in [-0.4, -0.2) is 10.7 Å². The lowest BCUT2D eigenvalue weighted by Gasteiger charge is -2.47. The fraction of sp³-hybridized carbons (Fsp3) is 0.727. The second kappa shape index (κ2) is 3.05. The van der Waals surface area contributed by atoms with Gasteiger partial charge in [0.25, 0.3) is 0 Å². The normalized spacial score (nSPS) is 23.8. The van der Waals surface area contributed by atoms with E-state index in [1.54, 1.807) is 0 Å². The Balaban J connectivity index is 3.03. The molecular formula is C11H15NO. The smallest absolute Gasteiger partial charge is 0.145 e. The van der Waals surface area contributed by atoms with Gasteiger partial charge in [0, 0.05) is 0 Å². The standard InChI is InChI=1S/C11H15NO/c1-4-11(13,9(2)3)10(8-12)6-5-7-10/h1,9,13H,5-7H2,2-3H3/t11-/m0/s1. The van der Waals surface area contributed by atoms with Crippen molar-refractivity contribution in [3.8, 4) is 18.4 Å². The summed E-state index contributed by atoms with van der Waals surface area (Å²) in [5, 5.41) is 19.3. The van der Waals surface area contributed by atoms with Crippen molar-refractivity contribution < 1.29 is 5.11 Å². The van der Waals surface area contributed by atoms with Crippen molar-refractivity contribution in [2.24, 2.45) is 11.3 Å². The molecule has 1 aliphatic rings. The minimum atomic E-state index is -1.25. The van der Waals surface area contributed by atoms with E-state index in [1.807, 2.05) is 13.8 Å². The Hall–Kier alpha value is -0.990. The molecule has 1 atom stereocenters. The van der Waals surface area contributed by atoms with Crippen molar-refractivity contribution in [3.63, 3.8) is 0 Å². The van der Waals surface area contributed by atoms with Crippen molar-refractivity contribution >= 4 is 0 Å². The van der Waals surface area contributed by atoms with Crippen LogP contribution in [0.1, 0.15) is 33.1 Å². The molecule has 1 rings (SSSR count). The number of rotatable bonds is 2. The predicted octanol–water partition coefficient (Wildman–Crippen LogP) is 1.70. The van der Waals surface area contributed by atoms with Crippen molar-refractivity contribution in [1.82, 2.24) is 0 Å². The monoisotopic (exact) mass is 177 g/mol. The highest BCUT2D eigenvalue weighted by Crippen LogP contribution is 2.51. The van der Waals surface area contributed by atoms with Crippen LogP contribution in [0, 0.1) is 35.0 Å². The average Bonchev–Trinajstić information content (AvgIpc) is 2.02. The minimum Gasteiger partial charge on any atom is -0.376 e. The average molecular weight is 177 g/mol. The van der Waals surface area contributed by atoms with Gasteiger partial charge in [-0.15, -0.1) is 6.42 Å². The Kier molecular flexibility index (Phi) is 2.37. The Morgan fingerprint density at radius 2 is 2.08 bits per heavy atom. The second-order valence-electron chi connectivity index (χ2n) is 4.11. The molecule has 1 saturated carbocycles. The summed E-state index contributed by atoms with van der Waals surface area (Å²) >= 11 is 0. The van der Waals surface area contributed by atoms with Gasteiger partial charge in [0.15, 0.2) is 0 Å². The lowest BCUT2D eigenvalue weighted by atomic mass is 9.56. The van der Waals surface area contributed by atoms with Crippen LogP contribution in [0.25, 0.3) is 0 Å². The summed E-state index contributed by atoms with van der Waals surface area (Å²) in [5.41, 5.74) is -1.93. The van der Waals surface area contributed by atoms with Gasteiger partial charge < -0.3 is 5.11 Å². The maximum atomic E-state index is 10.2. The van der Waals surface area contributed by atoms with Crippen molar-refractivity contribution in [2.45, 2.75) is 38.7 Å². The van der Waals surface area contributed by atoms with Gasteiger partial charge >= 0.3 is 0 Å². The Morgan fingerprint density at radius 3 is 2.15 bits per heavy atom. The number of nitrogens with zero attached hydrogens (tertiary/aromatic N) is 1. The van der Waals surface area contributed by atoms with Crippen LogP contribution >= 0.6 is 0 Å². The molecule has 13 heavy (non-hydrogen) atoms. The van der Waals surface area contributed by atoms with Gasteiger partial charge in [-0.2, -0.15) is 5.26 Å². The van der Waals surface area contributed by atoms with Crippen molar-refractivity contribution in [2.75, 3.05) is 0 Å². The fourth-order valence-electron chi connectivity index (χ4n) is 1.97. The van der Waals surface area contributed by atoms with Gasteiger partial charge in [0.1, 0.15) is 5.60 Å². The molecular weight excluding hydrogens is 162 g/mol. The topological polar surface area (TPSA) is 44.0 Å². The van der Waals surface area contributed by atoms with Crippen LogP contribution in [0.15, 0.2) is 0 Å². The first-order valence-electron chi connectivity index (χ1n) is 4.64. The number of hydrogen-bond acceptors (Lipinski definition) is 2. The molecule has 1 N–H and O–H groups in total. The quantitative estimate of drug-likeness (QED) is 0.652. The number of aliphatic hydroxyl groups is 1. The number of terminal acetylenes is 1. The van der Waals surface area contributed by atoms with Crippen LogP contribution in [0.5, 0.6) is 0 Å². The lowest BCUT2D eigenvalue weighted by molar-refractivity contribution is -0.0795. The van der Waals surface area contributed by atoms with Crippen LogP contribution in [-0.2, 0) is 0 Å². The van der Waals surface area contributed by atoms with Gasteiger partial charge in [-0.3, -0.25) is 0 Å². The molecule has 0 aromatic carbocycles. The molecule has 0 aromatic rings. The summed E-state index contributed by atoms with van der Waals surface area (Å²) in [6.07, 6.45) is 7.77. The van der Waals surface area contributed by atoms with Crippen LogP contribution in [0.2, 0.25) is 0 Å². The Morgan fingerprint density at radius 1 is 1.54 bits per heavy atom. The van der Waals surface area contributed by atoms with Gasteiger partial charge in [-0.05, 0) is 25.2 Å². The molecule has 0 unspecified atom stereocenters. The first-order chi connectivity index (χ1) is 6.02. The van der Waals surface area contributed by atoms with E-state index >= 15 is 0 Å². The summed E-state index contributed by atoms with van der Waals surface area (Å²) in [6, 6.07) is 2.20. The first-order valence-corrected chi connectivity index (χ1v) is 4.64. The SMILES string of the molecule is C#C[C@](O)(C(C)C)C1(C#N)CCC1. The van der Waals surface area contributed by atoms with E-state index in [9.17, 15) is 5.11 Å². The fourth-order valence-corrected chi connectivity index (χ4v) is 1.97. The van der Waals surface area contributed by atoms with Gasteiger partial charge in [0.2, 0.25) is 0 Å². The summed E-state index contributed by atoms with van der Waals surface area (Å²) in [5.74, 6) is 2.33. The summed E-state index contributed by atoms with van der Waals surface area (Å²) in [4.78, 5) is 0. The zero-order valence-electron chi connectivity index (χ0n) is 8.17. The van der Waals surface area contributed by atoms with E-state index in [1.165, 1.54) is 0 Å². The predicted molar refractivity (Wildman–Crippen MR) is 50.5 cm³/mol.